The van der Waals surface area contributed by atoms with Gasteiger partial charge in [-0.05, 0) is 0 Å². The average Bonchev–Trinajstić information content (AvgIpc) is 1.85. The van der Waals surface area contributed by atoms with Crippen molar-refractivity contribution in [2.75, 3.05) is 5.73 Å². The Bertz CT molecular complexity index is 240. The highest BCUT2D eigenvalue weighted by Gasteiger charge is 2.02. The van der Waals surface area contributed by atoms with E-state index < -0.39 is 6.29 Å². The number of nitrogens with two attached hydrogens (primary N) is 1. The lowest BCUT2D eigenvalue weighted by Crippen LogP contribution is -2.12. The van der Waals surface area contributed by atoms with E-state index in [0.717, 1.165) is 0 Å². The number of aliphatic hydroxyl groups excluding tert-OH is 1. The molecule has 11 heavy (non-hydrogen) atoms. The highest BCUT2D eigenvalue weighted by molar-refractivity contribution is 5.12. The number of aliphatic hydroxyl groups is 2. The van der Waals surface area contributed by atoms with E-state index in [4.69, 9.17) is 15.9 Å². The third kappa shape index (κ3) is 2.44. The van der Waals surface area contributed by atoms with Crippen LogP contribution < -0.4 is 5.73 Å². The normalized spacial score (nSPS) is 10.5. The van der Waals surface area contributed by atoms with Gasteiger partial charge in [-0.1, -0.05) is 0 Å². The van der Waals surface area contributed by atoms with Crippen molar-refractivity contribution < 1.29 is 10.2 Å². The molecule has 0 atom stereocenters. The van der Waals surface area contributed by atoms with Gasteiger partial charge in [0.2, 0.25) is 5.95 Å². The molecule has 0 aliphatic carbocycles. The average molecular weight is 156 g/mol. The van der Waals surface area contributed by atoms with Gasteiger partial charge in [0.1, 0.15) is 12.2 Å². The zero-order valence-electron chi connectivity index (χ0n) is 5.68. The second kappa shape index (κ2) is 3.22. The summed E-state index contributed by atoms with van der Waals surface area (Å²) in [5.74, 6) is 0.350. The zero-order valence-corrected chi connectivity index (χ0v) is 5.68. The summed E-state index contributed by atoms with van der Waals surface area (Å²) in [6.45, 7) is 0. The second-order valence-corrected chi connectivity index (χ2v) is 1.94. The molecular weight excluding hydrogens is 148 g/mol. The molecule has 1 aromatic heterocycles. The van der Waals surface area contributed by atoms with E-state index in [1.165, 1.54) is 6.33 Å². The molecule has 1 aromatic rings. The highest BCUT2D eigenvalue weighted by atomic mass is 16.5. The molecule has 0 bridgehead atoms. The Morgan fingerprint density at radius 3 is 2.73 bits per heavy atom. The summed E-state index contributed by atoms with van der Waals surface area (Å²) in [6, 6.07) is 0. The maximum atomic E-state index is 8.51. The number of nitrogens with zero attached hydrogens (tertiary/aromatic N) is 3. The highest BCUT2D eigenvalue weighted by Crippen LogP contribution is 1.94. The first kappa shape index (κ1) is 7.83. The number of aromatic nitrogens is 3. The van der Waals surface area contributed by atoms with Crippen LogP contribution in [0.15, 0.2) is 6.33 Å². The Hall–Kier alpha value is -1.27. The van der Waals surface area contributed by atoms with Crippen LogP contribution >= 0.6 is 0 Å². The topological polar surface area (TPSA) is 105 Å². The van der Waals surface area contributed by atoms with Gasteiger partial charge in [0, 0.05) is 0 Å². The lowest BCUT2D eigenvalue weighted by Gasteiger charge is -2.00. The third-order valence-electron chi connectivity index (χ3n) is 1.01. The van der Waals surface area contributed by atoms with Crippen molar-refractivity contribution in [1.29, 1.82) is 0 Å². The molecule has 0 spiro atoms. The summed E-state index contributed by atoms with van der Waals surface area (Å²) in [7, 11) is 0. The number of nitrogen functional groups attached to an aromatic ring is 1. The molecule has 0 aromatic carbocycles. The van der Waals surface area contributed by atoms with E-state index in [9.17, 15) is 0 Å². The van der Waals surface area contributed by atoms with Crippen LogP contribution in [0.5, 0.6) is 0 Å². The lowest BCUT2D eigenvalue weighted by molar-refractivity contribution is -0.0395. The van der Waals surface area contributed by atoms with Crippen LogP contribution in [0.3, 0.4) is 0 Å². The summed E-state index contributed by atoms with van der Waals surface area (Å²) in [6.07, 6.45) is -0.260. The number of hydrogen-bond donors (Lipinski definition) is 3. The maximum Gasteiger partial charge on any atom is 0.223 e. The van der Waals surface area contributed by atoms with Gasteiger partial charge in [0.25, 0.3) is 0 Å². The van der Waals surface area contributed by atoms with Crippen molar-refractivity contribution >= 4 is 5.95 Å². The minimum absolute atomic E-state index is 0.0350. The Balaban J connectivity index is 2.71. The molecule has 0 radical (unpaired) electrons. The van der Waals surface area contributed by atoms with Gasteiger partial charge in [-0.3, -0.25) is 0 Å². The van der Waals surface area contributed by atoms with Crippen molar-refractivity contribution in [3.63, 3.8) is 0 Å². The van der Waals surface area contributed by atoms with Crippen molar-refractivity contribution in [1.82, 2.24) is 15.0 Å². The van der Waals surface area contributed by atoms with E-state index in [1.807, 2.05) is 0 Å². The fraction of sp³-hybridized carbons (Fsp3) is 0.400. The summed E-state index contributed by atoms with van der Waals surface area (Å²) >= 11 is 0. The molecule has 6 nitrogen and oxygen atoms in total. The quantitative estimate of drug-likeness (QED) is 0.441. The molecule has 0 unspecified atom stereocenters. The van der Waals surface area contributed by atoms with Crippen LogP contribution in [0.2, 0.25) is 0 Å². The standard InChI is InChI=1S/C5H8N4O2/c6-5-8-2-7-3(9-5)1-4(10)11/h2,4,10-11H,1H2,(H2,6,7,8,9). The van der Waals surface area contributed by atoms with Gasteiger partial charge in [-0.15, -0.1) is 0 Å². The molecule has 6 heteroatoms. The second-order valence-electron chi connectivity index (χ2n) is 1.94. The van der Waals surface area contributed by atoms with E-state index in [2.05, 4.69) is 15.0 Å². The molecule has 0 amide bonds. The van der Waals surface area contributed by atoms with Crippen LogP contribution in [0, 0.1) is 0 Å². The Labute approximate surface area is 62.7 Å². The van der Waals surface area contributed by atoms with Crippen molar-refractivity contribution in [3.8, 4) is 0 Å². The Kier molecular flexibility index (Phi) is 2.29. The minimum atomic E-state index is -1.45. The van der Waals surface area contributed by atoms with E-state index in [-0.39, 0.29) is 18.2 Å². The van der Waals surface area contributed by atoms with E-state index in [0.29, 0.717) is 0 Å². The minimum Gasteiger partial charge on any atom is -0.368 e. The first-order chi connectivity index (χ1) is 5.18. The van der Waals surface area contributed by atoms with Crippen molar-refractivity contribution in [2.45, 2.75) is 12.7 Å². The van der Waals surface area contributed by atoms with Gasteiger partial charge >= 0.3 is 0 Å². The van der Waals surface area contributed by atoms with Crippen molar-refractivity contribution in [3.05, 3.63) is 12.2 Å². The molecular formula is C5H8N4O2. The molecule has 0 fully saturated rings. The molecule has 1 rings (SSSR count). The molecule has 0 saturated carbocycles. The summed E-state index contributed by atoms with van der Waals surface area (Å²) < 4.78 is 0. The van der Waals surface area contributed by atoms with Crippen LogP contribution in [0.4, 0.5) is 5.95 Å². The first-order valence-corrected chi connectivity index (χ1v) is 2.98. The zero-order chi connectivity index (χ0) is 8.27. The van der Waals surface area contributed by atoms with Crippen LogP contribution in [-0.2, 0) is 6.42 Å². The van der Waals surface area contributed by atoms with Crippen molar-refractivity contribution in [2.24, 2.45) is 0 Å². The first-order valence-electron chi connectivity index (χ1n) is 2.98. The molecule has 60 valence electrons. The summed E-state index contributed by atoms with van der Waals surface area (Å²) in [5, 5.41) is 17.0. The van der Waals surface area contributed by atoms with Gasteiger partial charge in [0.15, 0.2) is 6.29 Å². The monoisotopic (exact) mass is 156 g/mol. The molecule has 4 N–H and O–H groups in total. The molecule has 1 heterocycles. The molecule has 0 aliphatic heterocycles. The number of anilines is 1. The summed E-state index contributed by atoms with van der Waals surface area (Å²) in [5.41, 5.74) is 5.21. The SMILES string of the molecule is Nc1ncnc(CC(O)O)n1. The van der Waals surface area contributed by atoms with Gasteiger partial charge < -0.3 is 15.9 Å². The lowest BCUT2D eigenvalue weighted by atomic mass is 10.4. The Morgan fingerprint density at radius 2 is 2.18 bits per heavy atom. The Morgan fingerprint density at radius 1 is 1.45 bits per heavy atom. The van der Waals surface area contributed by atoms with Gasteiger partial charge in [0.05, 0.1) is 6.42 Å². The predicted molar refractivity (Wildman–Crippen MR) is 36.2 cm³/mol. The number of hydrogen-bond acceptors (Lipinski definition) is 6. The maximum absolute atomic E-state index is 8.51. The molecule has 0 saturated heterocycles. The predicted octanol–water partition coefficient (Wildman–Crippen LogP) is -1.69. The largest absolute Gasteiger partial charge is 0.368 e. The van der Waals surface area contributed by atoms with E-state index >= 15 is 0 Å². The third-order valence-corrected chi connectivity index (χ3v) is 1.01. The van der Waals surface area contributed by atoms with Crippen LogP contribution in [-0.4, -0.2) is 31.5 Å². The summed E-state index contributed by atoms with van der Waals surface area (Å²) in [4.78, 5) is 10.8. The number of rotatable bonds is 2. The van der Waals surface area contributed by atoms with Crippen LogP contribution in [0.25, 0.3) is 0 Å². The van der Waals surface area contributed by atoms with Gasteiger partial charge in [-0.25, -0.2) is 9.97 Å². The fourth-order valence-electron chi connectivity index (χ4n) is 0.606. The van der Waals surface area contributed by atoms with Crippen LogP contribution in [0.1, 0.15) is 5.82 Å². The smallest absolute Gasteiger partial charge is 0.223 e. The van der Waals surface area contributed by atoms with E-state index in [1.54, 1.807) is 0 Å². The van der Waals surface area contributed by atoms with Gasteiger partial charge in [-0.2, -0.15) is 4.98 Å². The fourth-order valence-corrected chi connectivity index (χ4v) is 0.606. The molecule has 0 aliphatic rings.